The Balaban J connectivity index is 1.66. The van der Waals surface area contributed by atoms with E-state index in [1.54, 1.807) is 0 Å². The number of carbonyl (C=O) groups excluding carboxylic acids is 1. The van der Waals surface area contributed by atoms with E-state index in [0.29, 0.717) is 12.0 Å². The molecular weight excluding hydrogens is 194 g/mol. The number of hydrogen-bond donors (Lipinski definition) is 1. The second-order valence-corrected chi connectivity index (χ2v) is 4.52. The second-order valence-electron chi connectivity index (χ2n) is 4.52. The molecule has 1 aliphatic heterocycles. The largest absolute Gasteiger partial charge is 0.396 e. The summed E-state index contributed by atoms with van der Waals surface area (Å²) < 4.78 is 5.38. The predicted molar refractivity (Wildman–Crippen MR) is 55.4 cm³/mol. The standard InChI is InChI=1S/C11H19NO3/c13-7-9-3-5-12(6-4-9)11(14)8-15-10-1-2-10/h9-10,13H,1-8H2. The first kappa shape index (κ1) is 10.9. The maximum absolute atomic E-state index is 11.7. The molecule has 0 spiro atoms. The first-order valence-electron chi connectivity index (χ1n) is 5.80. The number of hydrogen-bond acceptors (Lipinski definition) is 3. The number of carbonyl (C=O) groups is 1. The van der Waals surface area contributed by atoms with E-state index in [0.717, 1.165) is 38.8 Å². The Morgan fingerprint density at radius 2 is 1.93 bits per heavy atom. The van der Waals surface area contributed by atoms with Crippen LogP contribution in [0.2, 0.25) is 0 Å². The molecule has 0 radical (unpaired) electrons. The molecule has 0 atom stereocenters. The summed E-state index contributed by atoms with van der Waals surface area (Å²) in [5, 5.41) is 8.97. The van der Waals surface area contributed by atoms with E-state index < -0.39 is 0 Å². The van der Waals surface area contributed by atoms with Crippen LogP contribution in [0.4, 0.5) is 0 Å². The molecule has 1 saturated heterocycles. The number of rotatable bonds is 4. The van der Waals surface area contributed by atoms with E-state index in [1.807, 2.05) is 4.90 Å². The van der Waals surface area contributed by atoms with Crippen LogP contribution in [0.5, 0.6) is 0 Å². The third-order valence-corrected chi connectivity index (χ3v) is 3.19. The summed E-state index contributed by atoms with van der Waals surface area (Å²) in [6.45, 7) is 2.05. The Morgan fingerprint density at radius 3 is 2.47 bits per heavy atom. The Bertz CT molecular complexity index is 220. The highest BCUT2D eigenvalue weighted by Gasteiger charge is 2.26. The van der Waals surface area contributed by atoms with Gasteiger partial charge in [-0.2, -0.15) is 0 Å². The van der Waals surface area contributed by atoms with Crippen molar-refractivity contribution in [3.63, 3.8) is 0 Å². The van der Waals surface area contributed by atoms with Gasteiger partial charge in [0.2, 0.25) is 5.91 Å². The normalized spacial score (nSPS) is 23.1. The van der Waals surface area contributed by atoms with Crippen LogP contribution in [0.3, 0.4) is 0 Å². The molecule has 1 heterocycles. The van der Waals surface area contributed by atoms with E-state index in [4.69, 9.17) is 9.84 Å². The molecule has 2 rings (SSSR count). The predicted octanol–water partition coefficient (Wildman–Crippen LogP) is 0.396. The molecule has 1 aliphatic carbocycles. The lowest BCUT2D eigenvalue weighted by Crippen LogP contribution is -2.41. The lowest BCUT2D eigenvalue weighted by atomic mass is 9.98. The van der Waals surface area contributed by atoms with E-state index in [9.17, 15) is 4.79 Å². The van der Waals surface area contributed by atoms with Gasteiger partial charge in [0.1, 0.15) is 6.61 Å². The molecule has 0 aromatic carbocycles. The van der Waals surface area contributed by atoms with Gasteiger partial charge in [-0.1, -0.05) is 0 Å². The Hall–Kier alpha value is -0.610. The van der Waals surface area contributed by atoms with Crippen molar-refractivity contribution in [2.24, 2.45) is 5.92 Å². The number of aliphatic hydroxyl groups excluding tert-OH is 1. The van der Waals surface area contributed by atoms with Crippen LogP contribution in [-0.4, -0.2) is 48.3 Å². The van der Waals surface area contributed by atoms with Gasteiger partial charge in [0.25, 0.3) is 0 Å². The number of likely N-dealkylation sites (tertiary alicyclic amines) is 1. The molecular formula is C11H19NO3. The van der Waals surface area contributed by atoms with Gasteiger partial charge in [0.05, 0.1) is 6.10 Å². The van der Waals surface area contributed by atoms with Crippen molar-refractivity contribution in [2.45, 2.75) is 31.8 Å². The van der Waals surface area contributed by atoms with Crippen LogP contribution in [0.25, 0.3) is 0 Å². The van der Waals surface area contributed by atoms with E-state index >= 15 is 0 Å². The maximum Gasteiger partial charge on any atom is 0.248 e. The summed E-state index contributed by atoms with van der Waals surface area (Å²) in [7, 11) is 0. The molecule has 4 nitrogen and oxygen atoms in total. The van der Waals surface area contributed by atoms with Crippen molar-refractivity contribution < 1.29 is 14.6 Å². The molecule has 15 heavy (non-hydrogen) atoms. The molecule has 0 aromatic rings. The highest BCUT2D eigenvalue weighted by atomic mass is 16.5. The number of ether oxygens (including phenoxy) is 1. The Morgan fingerprint density at radius 1 is 1.27 bits per heavy atom. The van der Waals surface area contributed by atoms with Gasteiger partial charge in [-0.15, -0.1) is 0 Å². The minimum Gasteiger partial charge on any atom is -0.396 e. The van der Waals surface area contributed by atoms with E-state index in [2.05, 4.69) is 0 Å². The van der Waals surface area contributed by atoms with Crippen molar-refractivity contribution in [2.75, 3.05) is 26.3 Å². The molecule has 2 fully saturated rings. The third-order valence-electron chi connectivity index (χ3n) is 3.19. The van der Waals surface area contributed by atoms with Gasteiger partial charge in [0.15, 0.2) is 0 Å². The van der Waals surface area contributed by atoms with Crippen molar-refractivity contribution in [3.8, 4) is 0 Å². The van der Waals surface area contributed by atoms with Crippen LogP contribution >= 0.6 is 0 Å². The Labute approximate surface area is 90.2 Å². The molecule has 1 saturated carbocycles. The molecule has 0 bridgehead atoms. The van der Waals surface area contributed by atoms with Gasteiger partial charge >= 0.3 is 0 Å². The molecule has 86 valence electrons. The number of aliphatic hydroxyl groups is 1. The zero-order chi connectivity index (χ0) is 10.7. The number of amides is 1. The van der Waals surface area contributed by atoms with Crippen LogP contribution < -0.4 is 0 Å². The summed E-state index contributed by atoms with van der Waals surface area (Å²) >= 11 is 0. The summed E-state index contributed by atoms with van der Waals surface area (Å²) in [5.41, 5.74) is 0. The first-order chi connectivity index (χ1) is 7.29. The molecule has 0 unspecified atom stereocenters. The maximum atomic E-state index is 11.7. The fraction of sp³-hybridized carbons (Fsp3) is 0.909. The summed E-state index contributed by atoms with van der Waals surface area (Å²) in [5.74, 6) is 0.497. The average Bonchev–Trinajstić information content (AvgIpc) is 3.10. The average molecular weight is 213 g/mol. The molecule has 1 N–H and O–H groups in total. The first-order valence-corrected chi connectivity index (χ1v) is 5.80. The van der Waals surface area contributed by atoms with Crippen LogP contribution in [-0.2, 0) is 9.53 Å². The summed E-state index contributed by atoms with van der Waals surface area (Å²) in [6, 6.07) is 0. The molecule has 4 heteroatoms. The van der Waals surface area contributed by atoms with Crippen molar-refractivity contribution in [1.29, 1.82) is 0 Å². The minimum atomic E-state index is 0.110. The lowest BCUT2D eigenvalue weighted by Gasteiger charge is -2.31. The highest BCUT2D eigenvalue weighted by Crippen LogP contribution is 2.23. The monoisotopic (exact) mass is 213 g/mol. The Kier molecular flexibility index (Phi) is 3.59. The van der Waals surface area contributed by atoms with Crippen molar-refractivity contribution >= 4 is 5.91 Å². The quantitative estimate of drug-likeness (QED) is 0.735. The zero-order valence-electron chi connectivity index (χ0n) is 9.02. The summed E-state index contributed by atoms with van der Waals surface area (Å²) in [4.78, 5) is 13.5. The SMILES string of the molecule is O=C(COC1CC1)N1CCC(CO)CC1. The second kappa shape index (κ2) is 4.94. The van der Waals surface area contributed by atoms with Crippen LogP contribution in [0.15, 0.2) is 0 Å². The fourth-order valence-electron chi connectivity index (χ4n) is 1.88. The smallest absolute Gasteiger partial charge is 0.248 e. The van der Waals surface area contributed by atoms with Gasteiger partial charge in [-0.25, -0.2) is 0 Å². The van der Waals surface area contributed by atoms with Crippen molar-refractivity contribution in [3.05, 3.63) is 0 Å². The topological polar surface area (TPSA) is 49.8 Å². The number of piperidine rings is 1. The molecule has 1 amide bonds. The van der Waals surface area contributed by atoms with Crippen LogP contribution in [0, 0.1) is 5.92 Å². The van der Waals surface area contributed by atoms with E-state index in [1.165, 1.54) is 0 Å². The fourth-order valence-corrected chi connectivity index (χ4v) is 1.88. The van der Waals surface area contributed by atoms with E-state index in [-0.39, 0.29) is 19.1 Å². The molecule has 0 aromatic heterocycles. The van der Waals surface area contributed by atoms with Gasteiger partial charge in [-0.3, -0.25) is 4.79 Å². The lowest BCUT2D eigenvalue weighted by molar-refractivity contribution is -0.138. The zero-order valence-corrected chi connectivity index (χ0v) is 9.02. The van der Waals surface area contributed by atoms with Gasteiger partial charge in [-0.05, 0) is 31.6 Å². The van der Waals surface area contributed by atoms with Gasteiger partial charge in [0, 0.05) is 19.7 Å². The number of nitrogens with zero attached hydrogens (tertiary/aromatic N) is 1. The minimum absolute atomic E-state index is 0.110. The van der Waals surface area contributed by atoms with Crippen LogP contribution in [0.1, 0.15) is 25.7 Å². The van der Waals surface area contributed by atoms with Crippen molar-refractivity contribution in [1.82, 2.24) is 4.90 Å². The molecule has 2 aliphatic rings. The highest BCUT2D eigenvalue weighted by molar-refractivity contribution is 5.77. The third kappa shape index (κ3) is 3.18. The van der Waals surface area contributed by atoms with Gasteiger partial charge < -0.3 is 14.7 Å². The summed E-state index contributed by atoms with van der Waals surface area (Å²) in [6.07, 6.45) is 4.42.